The topological polar surface area (TPSA) is 388 Å². The fourth-order valence-corrected chi connectivity index (χ4v) is 22.1. The quantitative estimate of drug-likeness (QED) is 0.0478. The molecule has 140 heavy (non-hydrogen) atoms. The number of hydrogen-bond acceptors (Lipinski definition) is 23. The minimum atomic E-state index is -1.91. The van der Waals surface area contributed by atoms with E-state index in [2.05, 4.69) is 162 Å². The van der Waals surface area contributed by atoms with Crippen molar-refractivity contribution in [3.63, 3.8) is 0 Å². The van der Waals surface area contributed by atoms with Gasteiger partial charge in [0.15, 0.2) is 0 Å². The normalized spacial score (nSPS) is 14.2. The maximum atomic E-state index is 14.4. The van der Waals surface area contributed by atoms with Gasteiger partial charge in [0.1, 0.15) is 23.1 Å². The first-order chi connectivity index (χ1) is 68.1. The molecule has 35 heteroatoms. The van der Waals surface area contributed by atoms with Crippen molar-refractivity contribution in [1.82, 2.24) is 101 Å². The summed E-state index contributed by atoms with van der Waals surface area (Å²) in [6.45, 7) is 7.98. The molecule has 5 aliphatic rings. The predicted octanol–water partition coefficient (Wildman–Crippen LogP) is 17.2. The largest absolute Gasteiger partial charge is 0.496 e. The highest BCUT2D eigenvalue weighted by Gasteiger charge is 2.41. The first kappa shape index (κ1) is 90.9. The Labute approximate surface area is 811 Å². The van der Waals surface area contributed by atoms with Crippen molar-refractivity contribution >= 4 is 176 Å². The lowest BCUT2D eigenvalue weighted by Gasteiger charge is -2.26. The van der Waals surface area contributed by atoms with Crippen molar-refractivity contribution in [2.24, 2.45) is 0 Å². The Kier molecular flexibility index (Phi) is 24.4. The molecule has 12 aromatic heterocycles. The Bertz CT molecular complexity index is 8440. The summed E-state index contributed by atoms with van der Waals surface area (Å²) in [7, 11) is 3.53. The number of halogens is 3. The fraction of sp³-hybridized carbons (Fsp3) is 0.248. The smallest absolute Gasteiger partial charge is 0.492 e. The Hall–Kier alpha value is -14.2. The van der Waals surface area contributed by atoms with Crippen LogP contribution in [0, 0.1) is 18.6 Å². The zero-order chi connectivity index (χ0) is 96.0. The second-order valence-electron chi connectivity index (χ2n) is 37.4. The van der Waals surface area contributed by atoms with Crippen LogP contribution in [0.1, 0.15) is 121 Å². The van der Waals surface area contributed by atoms with Gasteiger partial charge < -0.3 is 44.3 Å². The van der Waals surface area contributed by atoms with E-state index in [1.54, 1.807) is 37.6 Å². The summed E-state index contributed by atoms with van der Waals surface area (Å²) < 4.78 is 43.5. The van der Waals surface area contributed by atoms with Crippen molar-refractivity contribution in [3.05, 3.63) is 248 Å². The van der Waals surface area contributed by atoms with E-state index in [-0.39, 0.29) is 10.5 Å². The molecule has 0 atom stereocenters. The predicted molar refractivity (Wildman–Crippen MR) is 551 cm³/mol. The average Bonchev–Trinajstić information content (AvgIpc) is 1.43. The summed E-state index contributed by atoms with van der Waals surface area (Å²) in [5.74, 6) is -0.828. The highest BCUT2D eigenvalue weighted by molar-refractivity contribution is 7.03. The second-order valence-corrected chi connectivity index (χ2v) is 38.4. The van der Waals surface area contributed by atoms with E-state index in [0.717, 1.165) is 222 Å². The maximum Gasteiger partial charge on any atom is 0.492 e. The van der Waals surface area contributed by atoms with E-state index >= 15 is 0 Å². The van der Waals surface area contributed by atoms with Crippen molar-refractivity contribution in [2.75, 3.05) is 46.2 Å². The number of aromatic nitrogens is 19. The molecule has 21 aromatic rings. The van der Waals surface area contributed by atoms with Gasteiger partial charge in [-0.2, -0.15) is 30.6 Å². The summed E-state index contributed by atoms with van der Waals surface area (Å²) in [5.41, 5.74) is 34.5. The van der Waals surface area contributed by atoms with Gasteiger partial charge in [0.2, 0.25) is 0 Å². The van der Waals surface area contributed by atoms with E-state index in [0.29, 0.717) is 33.5 Å². The molecule has 0 bridgehead atoms. The molecule has 0 radical (unpaired) electrons. The van der Waals surface area contributed by atoms with Gasteiger partial charge in [-0.1, -0.05) is 64.6 Å². The van der Waals surface area contributed by atoms with E-state index < -0.39 is 38.6 Å². The molecule has 13 heterocycles. The first-order valence-corrected chi connectivity index (χ1v) is 48.5. The van der Waals surface area contributed by atoms with Crippen LogP contribution in [0.5, 0.6) is 5.75 Å². The molecular weight excluding hydrogens is 1810 g/mol. The summed E-state index contributed by atoms with van der Waals surface area (Å²) >= 11 is 7.41. The third-order valence-corrected chi connectivity index (χ3v) is 29.1. The number of nitrogens with one attached hydrogen (secondary N) is 6. The number of nitrogens with zero attached hydrogens (tertiary/aromatic N) is 15. The van der Waals surface area contributed by atoms with Crippen molar-refractivity contribution in [1.29, 1.82) is 0 Å². The lowest BCUT2D eigenvalue weighted by molar-refractivity contribution is 0.101. The number of para-hydroxylation sites is 1. The van der Waals surface area contributed by atoms with Crippen LogP contribution in [0.3, 0.4) is 0 Å². The maximum absolute atomic E-state index is 14.4. The van der Waals surface area contributed by atoms with Gasteiger partial charge in [-0.25, -0.2) is 33.7 Å². The van der Waals surface area contributed by atoms with Crippen molar-refractivity contribution in [3.8, 4) is 73.3 Å². The molecule has 11 N–H and O–H groups in total. The number of hydrogen-bond donors (Lipinski definition) is 11. The zero-order valence-corrected chi connectivity index (χ0v) is 79.6. The van der Waals surface area contributed by atoms with Crippen LogP contribution >= 0.6 is 23.1 Å². The van der Waals surface area contributed by atoms with Gasteiger partial charge in [-0.05, 0) is 301 Å². The zero-order valence-electron chi connectivity index (χ0n) is 78.0. The van der Waals surface area contributed by atoms with Crippen LogP contribution in [0.25, 0.3) is 177 Å². The third-order valence-electron chi connectivity index (χ3n) is 28.3. The number of benzene rings is 9. The molecule has 0 saturated heterocycles. The minimum absolute atomic E-state index is 0.0179. The number of aryl methyl sites for hydroxylation is 5. The van der Waals surface area contributed by atoms with E-state index in [4.69, 9.17) is 40.9 Å². The number of aromatic amines is 6. The molecule has 1 aliphatic heterocycles. The monoisotopic (exact) mass is 1900 g/mol. The Morgan fingerprint density at radius 2 is 0.943 bits per heavy atom. The van der Waals surface area contributed by atoms with Gasteiger partial charge in [-0.3, -0.25) is 30.6 Å². The SMILES string of the molecule is CC1(C)OB(O)c2cc(-c3nc4ccc5[nH]ncc5c4c4c3CCCC4)ccc21.COc1c(B(O)O)cccc1-c1nc2ccc3[nH]ncc3c2c2c1CCCC2.Cc1[nH]ncc1-c1nc2c(N(C)CCN(C)C)cc3[nH]ncc3c2c2c1CCCC2.OB(O)c1ccc(-c2cc(-c3ccc(F)c(Cl)c3)c3c(ccc4[nH]ncc43)n2)cc1F.c1snnc1-c1nc2ccc3[nH]ncc3c2c2c1CCCC2. The highest BCUT2D eigenvalue weighted by atomic mass is 35.5. The Balaban J connectivity index is 0.000000101. The Morgan fingerprint density at radius 1 is 0.457 bits per heavy atom. The molecule has 700 valence electrons. The average molecular weight is 1900 g/mol. The number of anilines is 1. The Morgan fingerprint density at radius 3 is 1.46 bits per heavy atom. The summed E-state index contributed by atoms with van der Waals surface area (Å²) in [5, 5.41) is 110. The number of fused-ring (bicyclic) bond motifs is 24. The summed E-state index contributed by atoms with van der Waals surface area (Å²) in [6.07, 6.45) is 29.1. The van der Waals surface area contributed by atoms with Gasteiger partial charge in [0.25, 0.3) is 0 Å². The molecule has 0 saturated carbocycles. The number of likely N-dealkylation sites (N-methyl/N-ethyl adjacent to an activating group) is 2. The van der Waals surface area contributed by atoms with Crippen LogP contribution in [0.2, 0.25) is 5.02 Å². The molecule has 4 aliphatic carbocycles. The van der Waals surface area contributed by atoms with Crippen LogP contribution < -0.4 is 26.0 Å². The molecule has 26 rings (SSSR count). The number of H-pyrrole nitrogens is 6. The van der Waals surface area contributed by atoms with E-state index in [1.807, 2.05) is 86.6 Å². The first-order valence-electron chi connectivity index (χ1n) is 47.3. The molecule has 0 spiro atoms. The lowest BCUT2D eigenvalue weighted by Crippen LogP contribution is -2.32. The number of rotatable bonds is 13. The van der Waals surface area contributed by atoms with Crippen molar-refractivity contribution in [2.45, 2.75) is 129 Å². The summed E-state index contributed by atoms with van der Waals surface area (Å²) in [6, 6.07) is 40.1. The van der Waals surface area contributed by atoms with Crippen LogP contribution in [-0.4, -0.2) is 188 Å². The standard InChI is InChI=1S/C23H22BN3O2.C23H29N7.C22H13BClF2N3O2.C21H20BN3O3.C16H13N5S/c1-23(2)17-8-7-13(11-18(17)24(28)29-23)22-15-6-4-3-5-14(15)21-16-12-25-27-19(16)9-10-20(21)26-22;1-14-17(12-24-27-14)22-16-8-6-5-7-15(16)21-18-13-25-28-19(18)11-20(23(21)26-22)30(4)10-9-29(2)3;24-16-7-11(2-4-17(16)25)13-9-21(12-1-3-15(23(30)31)18(26)8-12)28-20-6-5-19-14(22(13)20)10-27-29-19;1-28-21-14(7-4-8-16(21)22(26)27)20-13-6-3-2-5-12(13)19-15-11-23-25-17(15)9-10-18(19)24-20;1-2-4-10-9(3-1)15-11-7-17-19-12(11)5-6-13(15)18-16(10)14-8-22-21-20-14/h7-12,28H,3-6H2,1-2H3,(H,25,27);11-13H,5-10H2,1-4H3,(H,24,27)(H,25,28);1-10,30-31H,(H,27,29);4,7-11,26-27H,2-3,5-6H2,1H3,(H,23,25);5-8H,1-4H2,(H,17,19). The molecular formula is C105H97B3ClF2N21O7S. The number of methoxy groups -OCH3 is 1. The van der Waals surface area contributed by atoms with Crippen LogP contribution in [0.15, 0.2) is 176 Å². The molecule has 0 fully saturated rings. The summed E-state index contributed by atoms with van der Waals surface area (Å²) in [4.78, 5) is 29.6. The van der Waals surface area contributed by atoms with E-state index in [9.17, 15) is 33.9 Å². The third kappa shape index (κ3) is 16.6. The van der Waals surface area contributed by atoms with Crippen LogP contribution in [0.4, 0.5) is 14.5 Å². The van der Waals surface area contributed by atoms with Gasteiger partial charge >= 0.3 is 21.4 Å². The minimum Gasteiger partial charge on any atom is -0.496 e. The second kappa shape index (κ2) is 37.5. The molecule has 0 amide bonds. The lowest BCUT2D eigenvalue weighted by atomic mass is 9.76. The fourth-order valence-electron chi connectivity index (χ4n) is 21.5. The molecule has 9 aromatic carbocycles. The van der Waals surface area contributed by atoms with E-state index in [1.165, 1.54) is 151 Å². The van der Waals surface area contributed by atoms with Crippen LogP contribution in [-0.2, 0) is 61.6 Å². The molecule has 28 nitrogen and oxygen atoms in total. The highest BCUT2D eigenvalue weighted by Crippen LogP contribution is 2.47. The number of pyridine rings is 5. The van der Waals surface area contributed by atoms with Crippen molar-refractivity contribution < 1.29 is 43.3 Å². The molecule has 0 unspecified atom stereocenters. The van der Waals surface area contributed by atoms with Gasteiger partial charge in [-0.15, -0.1) is 5.10 Å². The number of ether oxygens (including phenoxy) is 1. The van der Waals surface area contributed by atoms with Gasteiger partial charge in [0.05, 0.1) is 144 Å². The van der Waals surface area contributed by atoms with Gasteiger partial charge in [0, 0.05) is 118 Å².